The van der Waals surface area contributed by atoms with E-state index >= 15 is 0 Å². The summed E-state index contributed by atoms with van der Waals surface area (Å²) >= 11 is 1.81. The molecule has 0 atom stereocenters. The highest BCUT2D eigenvalue weighted by Crippen LogP contribution is 2.21. The zero-order chi connectivity index (χ0) is 15.1. The Balaban J connectivity index is 1.91. The summed E-state index contributed by atoms with van der Waals surface area (Å²) in [5, 5.41) is 4.56. The van der Waals surface area contributed by atoms with Crippen LogP contribution in [0.15, 0.2) is 24.3 Å². The average Bonchev–Trinajstić information content (AvgIpc) is 2.89. The zero-order valence-electron chi connectivity index (χ0n) is 13.1. The largest absolute Gasteiger partial charge is 0.493 e. The van der Waals surface area contributed by atoms with E-state index < -0.39 is 0 Å². The van der Waals surface area contributed by atoms with Crippen LogP contribution in [-0.2, 0) is 19.4 Å². The van der Waals surface area contributed by atoms with Crippen molar-refractivity contribution in [2.24, 2.45) is 0 Å². The van der Waals surface area contributed by atoms with Crippen LogP contribution < -0.4 is 10.1 Å². The van der Waals surface area contributed by atoms with Crippen molar-refractivity contribution in [1.29, 1.82) is 0 Å². The third-order valence-corrected chi connectivity index (χ3v) is 4.52. The number of hydrogen-bond acceptors (Lipinski definition) is 4. The maximum atomic E-state index is 5.86. The van der Waals surface area contributed by atoms with Crippen molar-refractivity contribution in [3.05, 3.63) is 45.4 Å². The van der Waals surface area contributed by atoms with E-state index in [0.717, 1.165) is 31.7 Å². The first kappa shape index (κ1) is 16.0. The molecule has 1 aromatic carbocycles. The van der Waals surface area contributed by atoms with Crippen molar-refractivity contribution in [3.8, 4) is 5.75 Å². The van der Waals surface area contributed by atoms with Crippen molar-refractivity contribution in [2.75, 3.05) is 13.2 Å². The zero-order valence-corrected chi connectivity index (χ0v) is 13.9. The smallest absolute Gasteiger partial charge is 0.122 e. The van der Waals surface area contributed by atoms with Gasteiger partial charge in [-0.05, 0) is 31.5 Å². The number of ether oxygens (including phenoxy) is 1. The van der Waals surface area contributed by atoms with Gasteiger partial charge in [-0.15, -0.1) is 11.3 Å². The molecule has 0 aliphatic heterocycles. The molecular formula is C17H24N2OS. The predicted molar refractivity (Wildman–Crippen MR) is 89.3 cm³/mol. The molecule has 21 heavy (non-hydrogen) atoms. The van der Waals surface area contributed by atoms with Crippen LogP contribution in [0.1, 0.15) is 35.0 Å². The first-order chi connectivity index (χ1) is 10.2. The van der Waals surface area contributed by atoms with Gasteiger partial charge in [0, 0.05) is 17.8 Å². The molecule has 0 amide bonds. The van der Waals surface area contributed by atoms with Gasteiger partial charge in [0.15, 0.2) is 0 Å². The number of benzene rings is 1. The summed E-state index contributed by atoms with van der Waals surface area (Å²) in [5.74, 6) is 0.970. The van der Waals surface area contributed by atoms with Gasteiger partial charge in [-0.2, -0.15) is 0 Å². The van der Waals surface area contributed by atoms with Gasteiger partial charge in [-0.3, -0.25) is 0 Å². The summed E-state index contributed by atoms with van der Waals surface area (Å²) in [6.07, 6.45) is 1.87. The second kappa shape index (κ2) is 8.15. The molecule has 4 heteroatoms. The Hall–Kier alpha value is -1.39. The highest BCUT2D eigenvalue weighted by molar-refractivity contribution is 7.11. The molecule has 0 radical (unpaired) electrons. The number of nitrogens with one attached hydrogen (secondary N) is 1. The molecule has 0 spiro atoms. The van der Waals surface area contributed by atoms with Crippen LogP contribution >= 0.6 is 11.3 Å². The lowest BCUT2D eigenvalue weighted by molar-refractivity contribution is 0.319. The van der Waals surface area contributed by atoms with Gasteiger partial charge in [0.1, 0.15) is 5.75 Å². The van der Waals surface area contributed by atoms with Gasteiger partial charge >= 0.3 is 0 Å². The summed E-state index contributed by atoms with van der Waals surface area (Å²) in [6, 6.07) is 8.13. The number of aryl methyl sites for hydroxylation is 2. The third-order valence-electron chi connectivity index (χ3n) is 3.36. The van der Waals surface area contributed by atoms with Crippen LogP contribution in [0, 0.1) is 6.92 Å². The Bertz CT molecular complexity index is 566. The molecule has 114 valence electrons. The Morgan fingerprint density at radius 1 is 1.24 bits per heavy atom. The minimum Gasteiger partial charge on any atom is -0.493 e. The number of rotatable bonds is 8. The van der Waals surface area contributed by atoms with E-state index in [9.17, 15) is 0 Å². The molecular weight excluding hydrogens is 280 g/mol. The molecule has 1 heterocycles. The maximum Gasteiger partial charge on any atom is 0.122 e. The SMILES string of the molecule is CCNCc1sc(CCOc2ccccc2C)nc1CC. The van der Waals surface area contributed by atoms with Gasteiger partial charge < -0.3 is 10.1 Å². The highest BCUT2D eigenvalue weighted by atomic mass is 32.1. The van der Waals surface area contributed by atoms with E-state index in [4.69, 9.17) is 9.72 Å². The molecule has 0 aliphatic rings. The normalized spacial score (nSPS) is 10.8. The van der Waals surface area contributed by atoms with Crippen molar-refractivity contribution >= 4 is 11.3 Å². The van der Waals surface area contributed by atoms with Gasteiger partial charge in [0.25, 0.3) is 0 Å². The lowest BCUT2D eigenvalue weighted by atomic mass is 10.2. The molecule has 0 fully saturated rings. The quantitative estimate of drug-likeness (QED) is 0.806. The average molecular weight is 304 g/mol. The lowest BCUT2D eigenvalue weighted by Gasteiger charge is -2.07. The summed E-state index contributed by atoms with van der Waals surface area (Å²) in [6.45, 7) is 8.97. The summed E-state index contributed by atoms with van der Waals surface area (Å²) in [7, 11) is 0. The topological polar surface area (TPSA) is 34.1 Å². The second-order valence-electron chi connectivity index (χ2n) is 4.98. The van der Waals surface area contributed by atoms with Gasteiger partial charge in [0.05, 0.1) is 17.3 Å². The fourth-order valence-corrected chi connectivity index (χ4v) is 3.27. The van der Waals surface area contributed by atoms with Crippen molar-refractivity contribution in [3.63, 3.8) is 0 Å². The van der Waals surface area contributed by atoms with E-state index in [1.165, 1.54) is 21.1 Å². The summed E-state index contributed by atoms with van der Waals surface area (Å²) in [5.41, 5.74) is 2.41. The highest BCUT2D eigenvalue weighted by Gasteiger charge is 2.09. The molecule has 1 N–H and O–H groups in total. The second-order valence-corrected chi connectivity index (χ2v) is 6.14. The molecule has 0 aliphatic carbocycles. The van der Waals surface area contributed by atoms with Crippen LogP contribution in [0.3, 0.4) is 0 Å². The first-order valence-electron chi connectivity index (χ1n) is 7.61. The van der Waals surface area contributed by atoms with Crippen LogP contribution in [0.5, 0.6) is 5.75 Å². The van der Waals surface area contributed by atoms with Crippen molar-refractivity contribution in [1.82, 2.24) is 10.3 Å². The third kappa shape index (κ3) is 4.55. The number of aromatic nitrogens is 1. The number of thiazole rings is 1. The van der Waals surface area contributed by atoms with Crippen LogP contribution in [0.25, 0.3) is 0 Å². The predicted octanol–water partition coefficient (Wildman–Crippen LogP) is 3.74. The molecule has 0 unspecified atom stereocenters. The van der Waals surface area contributed by atoms with E-state index in [1.54, 1.807) is 0 Å². The molecule has 1 aromatic heterocycles. The molecule has 3 nitrogen and oxygen atoms in total. The van der Waals surface area contributed by atoms with E-state index in [-0.39, 0.29) is 0 Å². The maximum absolute atomic E-state index is 5.86. The summed E-state index contributed by atoms with van der Waals surface area (Å²) < 4.78 is 5.86. The van der Waals surface area contributed by atoms with Crippen molar-refractivity contribution in [2.45, 2.75) is 40.2 Å². The monoisotopic (exact) mass is 304 g/mol. The Kier molecular flexibility index (Phi) is 6.21. The van der Waals surface area contributed by atoms with Crippen molar-refractivity contribution < 1.29 is 4.74 Å². The number of nitrogens with zero attached hydrogens (tertiary/aromatic N) is 1. The lowest BCUT2D eigenvalue weighted by Crippen LogP contribution is -2.11. The van der Waals surface area contributed by atoms with Crippen LogP contribution in [0.4, 0.5) is 0 Å². The Morgan fingerprint density at radius 3 is 2.76 bits per heavy atom. The van der Waals surface area contributed by atoms with Crippen LogP contribution in [-0.4, -0.2) is 18.1 Å². The standard InChI is InChI=1S/C17H24N2OS/c1-4-14-16(12-18-5-2)21-17(19-14)10-11-20-15-9-7-6-8-13(15)3/h6-9,18H,4-5,10-12H2,1-3H3. The Labute approximate surface area is 131 Å². The van der Waals surface area contributed by atoms with E-state index in [1.807, 2.05) is 29.5 Å². The fourth-order valence-electron chi connectivity index (χ4n) is 2.16. The minimum absolute atomic E-state index is 0.683. The van der Waals surface area contributed by atoms with E-state index in [0.29, 0.717) is 6.61 Å². The number of hydrogen-bond donors (Lipinski definition) is 1. The summed E-state index contributed by atoms with van der Waals surface area (Å²) in [4.78, 5) is 6.10. The van der Waals surface area contributed by atoms with Gasteiger partial charge in [0.2, 0.25) is 0 Å². The number of para-hydroxylation sites is 1. The molecule has 0 saturated carbocycles. The molecule has 2 rings (SSSR count). The molecule has 0 saturated heterocycles. The van der Waals surface area contributed by atoms with Gasteiger partial charge in [-0.25, -0.2) is 4.98 Å². The minimum atomic E-state index is 0.683. The van der Waals surface area contributed by atoms with Crippen LogP contribution in [0.2, 0.25) is 0 Å². The molecule has 2 aromatic rings. The van der Waals surface area contributed by atoms with E-state index in [2.05, 4.69) is 32.2 Å². The molecule has 0 bridgehead atoms. The fraction of sp³-hybridized carbons (Fsp3) is 0.471. The Morgan fingerprint density at radius 2 is 2.05 bits per heavy atom. The van der Waals surface area contributed by atoms with Gasteiger partial charge in [-0.1, -0.05) is 32.0 Å². The first-order valence-corrected chi connectivity index (χ1v) is 8.42.